The van der Waals surface area contributed by atoms with Crippen LogP contribution < -0.4 is 10.4 Å². The molecule has 3 aromatic rings. The van der Waals surface area contributed by atoms with Crippen LogP contribution in [0.3, 0.4) is 0 Å². The Hall–Kier alpha value is -2.54. The molecule has 2 aromatic carbocycles. The third kappa shape index (κ3) is 9.27. The van der Waals surface area contributed by atoms with E-state index >= 15 is 0 Å². The number of nitrogens with one attached hydrogen (secondary N) is 1. The number of aliphatic hydroxyl groups is 4. The monoisotopic (exact) mass is 667 g/mol. The Bertz CT molecular complexity index is 1450. The lowest BCUT2D eigenvalue weighted by molar-refractivity contribution is -0.635. The number of benzene rings is 2. The molecule has 2 heterocycles. The van der Waals surface area contributed by atoms with Gasteiger partial charge in [0.05, 0.1) is 31.8 Å². The minimum Gasteiger partial charge on any atom is -0.545 e. The normalized spacial score (nSPS) is 19.9. The zero-order valence-electron chi connectivity index (χ0n) is 26.2. The SMILES string of the molecule is C[C@@H]1Cc2c([nH]c3ccccc23)[C@@H](c2c(Cl)cc(/C=C/C(=O)[O-])cc2Cl)N1CC(C)(C)F.C[NH2+]C[C@H](O)[C@@H](C)[C@H](O)[C@H](O)CO. The second-order valence-electron chi connectivity index (χ2n) is 12.3. The van der Waals surface area contributed by atoms with E-state index in [2.05, 4.69) is 22.9 Å². The molecule has 0 bridgehead atoms. The lowest BCUT2D eigenvalue weighted by atomic mass is 9.87. The van der Waals surface area contributed by atoms with Crippen LogP contribution in [0, 0.1) is 5.92 Å². The van der Waals surface area contributed by atoms with Gasteiger partial charge < -0.3 is 40.6 Å². The summed E-state index contributed by atoms with van der Waals surface area (Å²) < 4.78 is 14.9. The molecule has 1 aliphatic heterocycles. The molecule has 4 rings (SSSR count). The van der Waals surface area contributed by atoms with Crippen molar-refractivity contribution in [1.82, 2.24) is 9.88 Å². The summed E-state index contributed by atoms with van der Waals surface area (Å²) in [4.78, 5) is 16.4. The molecule has 12 heteroatoms. The van der Waals surface area contributed by atoms with E-state index in [4.69, 9.17) is 33.4 Å². The van der Waals surface area contributed by atoms with Gasteiger partial charge in [-0.3, -0.25) is 4.90 Å². The lowest BCUT2D eigenvalue weighted by Gasteiger charge is -2.43. The van der Waals surface area contributed by atoms with E-state index in [0.29, 0.717) is 27.7 Å². The molecule has 45 heavy (non-hydrogen) atoms. The van der Waals surface area contributed by atoms with Gasteiger partial charge in [0.25, 0.3) is 0 Å². The number of nitrogens with zero attached hydrogens (tertiary/aromatic N) is 1. The van der Waals surface area contributed by atoms with E-state index in [9.17, 15) is 24.5 Å². The Morgan fingerprint density at radius 3 is 2.38 bits per heavy atom. The summed E-state index contributed by atoms with van der Waals surface area (Å²) in [5, 5.41) is 51.0. The van der Waals surface area contributed by atoms with E-state index < -0.39 is 42.5 Å². The van der Waals surface area contributed by atoms with E-state index in [1.165, 1.54) is 11.6 Å². The Balaban J connectivity index is 0.000000360. The summed E-state index contributed by atoms with van der Waals surface area (Å²) in [6, 6.07) is 11.1. The van der Waals surface area contributed by atoms with Gasteiger partial charge in [-0.05, 0) is 62.6 Å². The predicted octanol–water partition coefficient (Wildman–Crippen LogP) is 2.21. The smallest absolute Gasteiger partial charge is 0.118 e. The van der Waals surface area contributed by atoms with Gasteiger partial charge >= 0.3 is 0 Å². The number of nitrogens with two attached hydrogens (primary N) is 1. The van der Waals surface area contributed by atoms with Gasteiger partial charge in [-0.1, -0.05) is 54.4 Å². The van der Waals surface area contributed by atoms with Crippen LogP contribution in [-0.4, -0.2) is 93.0 Å². The number of aromatic nitrogens is 1. The third-order valence-electron chi connectivity index (χ3n) is 8.07. The van der Waals surface area contributed by atoms with Crippen molar-refractivity contribution in [3.8, 4) is 0 Å². The van der Waals surface area contributed by atoms with Crippen molar-refractivity contribution in [3.05, 3.63) is 74.9 Å². The van der Waals surface area contributed by atoms with Crippen LogP contribution in [0.25, 0.3) is 17.0 Å². The largest absolute Gasteiger partial charge is 0.545 e. The number of aliphatic hydroxyl groups excluding tert-OH is 4. The molecule has 0 spiro atoms. The van der Waals surface area contributed by atoms with E-state index in [1.807, 2.05) is 25.2 Å². The molecule has 0 unspecified atom stereocenters. The number of carboxylic acids is 1. The Kier molecular flexibility index (Phi) is 13.0. The topological polar surface area (TPSA) is 157 Å². The zero-order valence-corrected chi connectivity index (χ0v) is 27.7. The maximum absolute atomic E-state index is 14.9. The second kappa shape index (κ2) is 15.8. The minimum absolute atomic E-state index is 0.0477. The number of rotatable bonds is 11. The van der Waals surface area contributed by atoms with E-state index in [0.717, 1.165) is 29.1 Å². The number of quaternary nitrogens is 1. The van der Waals surface area contributed by atoms with E-state index in [1.54, 1.807) is 38.2 Å². The van der Waals surface area contributed by atoms with Crippen molar-refractivity contribution in [1.29, 1.82) is 0 Å². The zero-order chi connectivity index (χ0) is 33.6. The molecule has 0 fully saturated rings. The molecule has 9 nitrogen and oxygen atoms in total. The van der Waals surface area contributed by atoms with Crippen molar-refractivity contribution in [3.63, 3.8) is 0 Å². The first-order chi connectivity index (χ1) is 21.1. The van der Waals surface area contributed by atoms with Crippen molar-refractivity contribution >= 4 is 46.2 Å². The van der Waals surface area contributed by atoms with Crippen molar-refractivity contribution in [2.45, 2.75) is 70.2 Å². The number of fused-ring (bicyclic) bond motifs is 3. The number of carbonyl (C=O) groups excluding carboxylic acids is 1. The number of aromatic amines is 1. The number of H-pyrrole nitrogens is 1. The molecular weight excluding hydrogens is 624 g/mol. The maximum Gasteiger partial charge on any atom is 0.118 e. The molecule has 7 N–H and O–H groups in total. The lowest BCUT2D eigenvalue weighted by Crippen LogP contribution is -2.82. The molecule has 0 saturated carbocycles. The standard InChI is InChI=1S/C25H25Cl2FN2O2.C8H19NO4/c1-14-10-17-16-6-4-5-7-20(16)29-23(17)24(30(14)13-25(2,3)28)22-18(26)11-15(12-19(22)27)8-9-21(31)32;1-5(6(11)3-9-2)8(13)7(12)4-10/h4-9,11-12,14,24,29H,10,13H2,1-3H3,(H,31,32);5-13H,3-4H2,1-2H3/b9-8+;/t14-,24-;5-,6+,7-,8+/m11/s1. The number of halogens is 3. The minimum atomic E-state index is -1.42. The summed E-state index contributed by atoms with van der Waals surface area (Å²) in [7, 11) is 1.81. The predicted molar refractivity (Wildman–Crippen MR) is 173 cm³/mol. The fraction of sp³-hybridized carbons (Fsp3) is 0.485. The first-order valence-corrected chi connectivity index (χ1v) is 15.7. The van der Waals surface area contributed by atoms with Crippen LogP contribution in [0.4, 0.5) is 4.39 Å². The summed E-state index contributed by atoms with van der Waals surface area (Å²) >= 11 is 13.4. The highest BCUT2D eigenvalue weighted by Crippen LogP contribution is 2.46. The molecule has 0 amide bonds. The number of aliphatic carboxylic acids is 1. The van der Waals surface area contributed by atoms with Gasteiger partial charge in [-0.15, -0.1) is 0 Å². The molecule has 6 atom stereocenters. The first kappa shape index (κ1) is 36.9. The number of carbonyl (C=O) groups is 1. The molecule has 1 aliphatic rings. The maximum atomic E-state index is 14.9. The fourth-order valence-corrected chi connectivity index (χ4v) is 6.48. The fourth-order valence-electron chi connectivity index (χ4n) is 5.77. The third-order valence-corrected chi connectivity index (χ3v) is 8.69. The van der Waals surface area contributed by atoms with Gasteiger partial charge in [0.2, 0.25) is 0 Å². The van der Waals surface area contributed by atoms with Crippen LogP contribution in [0.5, 0.6) is 0 Å². The average Bonchev–Trinajstić information content (AvgIpc) is 3.33. The van der Waals surface area contributed by atoms with Gasteiger partial charge in [0.15, 0.2) is 0 Å². The Morgan fingerprint density at radius 2 is 1.82 bits per heavy atom. The average molecular weight is 669 g/mol. The summed E-state index contributed by atoms with van der Waals surface area (Å²) in [6.45, 7) is 7.03. The highest BCUT2D eigenvalue weighted by Gasteiger charge is 2.40. The second-order valence-corrected chi connectivity index (χ2v) is 13.1. The quantitative estimate of drug-likeness (QED) is 0.171. The van der Waals surface area contributed by atoms with Gasteiger partial charge in [-0.2, -0.15) is 0 Å². The molecule has 248 valence electrons. The number of likely N-dealkylation sites (N-methyl/N-ethyl adjacent to an activating group) is 1. The van der Waals surface area contributed by atoms with Crippen LogP contribution in [-0.2, 0) is 11.2 Å². The van der Waals surface area contributed by atoms with Gasteiger partial charge in [0, 0.05) is 50.7 Å². The van der Waals surface area contributed by atoms with E-state index in [-0.39, 0.29) is 18.6 Å². The number of carboxylic acid groups (broad SMARTS) is 1. The molecular formula is C33H44Cl2FN3O6. The Morgan fingerprint density at radius 1 is 1.20 bits per heavy atom. The number of hydrogen-bond acceptors (Lipinski definition) is 7. The summed E-state index contributed by atoms with van der Waals surface area (Å²) in [5.74, 6) is -1.75. The van der Waals surface area contributed by atoms with Crippen molar-refractivity contribution < 1.29 is 40.0 Å². The van der Waals surface area contributed by atoms with Crippen LogP contribution in [0.15, 0.2) is 42.5 Å². The van der Waals surface area contributed by atoms with Crippen molar-refractivity contribution in [2.75, 3.05) is 26.7 Å². The summed E-state index contributed by atoms with van der Waals surface area (Å²) in [5.41, 5.74) is 2.94. The highest BCUT2D eigenvalue weighted by molar-refractivity contribution is 6.36. The van der Waals surface area contributed by atoms with Crippen LogP contribution in [0.2, 0.25) is 10.0 Å². The van der Waals surface area contributed by atoms with Gasteiger partial charge in [0.1, 0.15) is 24.4 Å². The molecule has 0 radical (unpaired) electrons. The number of hydrogen-bond donors (Lipinski definition) is 6. The number of para-hydroxylation sites is 1. The number of alkyl halides is 1. The van der Waals surface area contributed by atoms with Crippen LogP contribution in [0.1, 0.15) is 56.1 Å². The Labute approximate surface area is 273 Å². The highest BCUT2D eigenvalue weighted by atomic mass is 35.5. The summed E-state index contributed by atoms with van der Waals surface area (Å²) in [6.07, 6.45) is 0.144. The first-order valence-electron chi connectivity index (χ1n) is 14.9. The molecule has 0 aliphatic carbocycles. The molecule has 0 saturated heterocycles. The van der Waals surface area contributed by atoms with Crippen molar-refractivity contribution in [2.24, 2.45) is 5.92 Å². The van der Waals surface area contributed by atoms with Gasteiger partial charge in [-0.25, -0.2) is 4.39 Å². The van der Waals surface area contributed by atoms with Crippen LogP contribution >= 0.6 is 23.2 Å². The molecule has 1 aromatic heterocycles.